The van der Waals surface area contributed by atoms with Crippen molar-refractivity contribution in [1.82, 2.24) is 0 Å². The number of rotatable bonds is 11. The van der Waals surface area contributed by atoms with Crippen molar-refractivity contribution in [3.05, 3.63) is 307 Å². The summed E-state index contributed by atoms with van der Waals surface area (Å²) in [5, 5.41) is 0. The van der Waals surface area contributed by atoms with Crippen molar-refractivity contribution in [1.29, 1.82) is 0 Å². The molecule has 1 aliphatic carbocycles. The summed E-state index contributed by atoms with van der Waals surface area (Å²) in [6.07, 6.45) is 2.64. The monoisotopic (exact) mass is 923 g/mol. The van der Waals surface area contributed by atoms with Crippen LogP contribution in [-0.2, 0) is 5.41 Å². The minimum atomic E-state index is -0.675. The zero-order valence-corrected chi connectivity index (χ0v) is 41.0. The average molecular weight is 924 g/mol. The number of benzene rings is 11. The van der Waals surface area contributed by atoms with Crippen molar-refractivity contribution in [3.8, 4) is 66.8 Å². The fraction of sp³-hybridized carbons (Fsp3) is 0.0704. The Balaban J connectivity index is 0.00000135. The molecule has 0 amide bonds. The first-order valence-electron chi connectivity index (χ1n) is 25.4. The molecule has 0 unspecified atom stereocenters. The second-order valence-electron chi connectivity index (χ2n) is 18.6. The van der Waals surface area contributed by atoms with Gasteiger partial charge in [0.25, 0.3) is 0 Å². The molecule has 0 bridgehead atoms. The Kier molecular flexibility index (Phi) is 13.1. The van der Waals surface area contributed by atoms with Gasteiger partial charge in [0.2, 0.25) is 0 Å². The highest BCUT2D eigenvalue weighted by atomic mass is 15.1. The third-order valence-electron chi connectivity index (χ3n) is 14.3. The van der Waals surface area contributed by atoms with E-state index in [1.54, 1.807) is 0 Å². The summed E-state index contributed by atoms with van der Waals surface area (Å²) in [5.41, 5.74) is 22.0. The largest absolute Gasteiger partial charge is 0.310 e. The maximum absolute atomic E-state index is 2.48. The molecule has 1 aliphatic rings. The Labute approximate surface area is 426 Å². The molecule has 11 aromatic carbocycles. The van der Waals surface area contributed by atoms with E-state index in [4.69, 9.17) is 0 Å². The summed E-state index contributed by atoms with van der Waals surface area (Å²) in [6, 6.07) is 104. The Morgan fingerprint density at radius 2 is 0.583 bits per heavy atom. The average Bonchev–Trinajstić information content (AvgIpc) is 3.77. The highest BCUT2D eigenvalue weighted by Gasteiger charge is 2.48. The number of hydrogen-bond donors (Lipinski definition) is 0. The van der Waals surface area contributed by atoms with Crippen molar-refractivity contribution < 1.29 is 0 Å². The SMILES string of the molecule is CCCC.c1ccc(-c2ccc(-c3cc(-c4ccccc4)cc4c3C(c3ccccc3)(c3ccccc3)c3cc(N(c5ccc(-c6ccccc6)cc5)c5ccc(-c6ccccc6)cc5)ccc3-4)cc2)cc1. The summed E-state index contributed by atoms with van der Waals surface area (Å²) in [5.74, 6) is 0. The highest BCUT2D eigenvalue weighted by Crippen LogP contribution is 2.60. The van der Waals surface area contributed by atoms with Crippen molar-refractivity contribution >= 4 is 17.1 Å². The summed E-state index contributed by atoms with van der Waals surface area (Å²) in [7, 11) is 0. The van der Waals surface area contributed by atoms with Gasteiger partial charge in [0, 0.05) is 17.1 Å². The normalized spacial score (nSPS) is 12.0. The van der Waals surface area contributed by atoms with Crippen LogP contribution in [0.3, 0.4) is 0 Å². The first-order chi connectivity index (χ1) is 35.6. The van der Waals surface area contributed by atoms with Crippen LogP contribution in [0.2, 0.25) is 0 Å². The molecule has 0 spiro atoms. The number of hydrogen-bond acceptors (Lipinski definition) is 1. The van der Waals surface area contributed by atoms with Crippen molar-refractivity contribution in [2.75, 3.05) is 4.90 Å². The van der Waals surface area contributed by atoms with Crippen LogP contribution in [0.5, 0.6) is 0 Å². The molecule has 1 nitrogen and oxygen atoms in total. The van der Waals surface area contributed by atoms with Gasteiger partial charge >= 0.3 is 0 Å². The second kappa shape index (κ2) is 20.7. The van der Waals surface area contributed by atoms with Gasteiger partial charge in [-0.05, 0) is 138 Å². The van der Waals surface area contributed by atoms with Gasteiger partial charge < -0.3 is 4.90 Å². The number of fused-ring (bicyclic) bond motifs is 3. The van der Waals surface area contributed by atoms with Gasteiger partial charge in [-0.25, -0.2) is 0 Å². The molecule has 11 aromatic rings. The molecule has 0 aromatic heterocycles. The van der Waals surface area contributed by atoms with Gasteiger partial charge in [-0.3, -0.25) is 0 Å². The summed E-state index contributed by atoms with van der Waals surface area (Å²) < 4.78 is 0. The van der Waals surface area contributed by atoms with Gasteiger partial charge in [-0.2, -0.15) is 0 Å². The van der Waals surface area contributed by atoms with Crippen molar-refractivity contribution in [2.45, 2.75) is 32.1 Å². The van der Waals surface area contributed by atoms with Crippen LogP contribution in [-0.4, -0.2) is 0 Å². The Bertz CT molecular complexity index is 3390. The maximum Gasteiger partial charge on any atom is 0.0720 e. The molecule has 346 valence electrons. The maximum atomic E-state index is 2.48. The molecular weight excluding hydrogens is 867 g/mol. The van der Waals surface area contributed by atoms with E-state index < -0.39 is 5.41 Å². The summed E-state index contributed by atoms with van der Waals surface area (Å²) >= 11 is 0. The highest BCUT2D eigenvalue weighted by molar-refractivity contribution is 5.97. The Morgan fingerprint density at radius 1 is 0.264 bits per heavy atom. The van der Waals surface area contributed by atoms with E-state index in [2.05, 4.69) is 304 Å². The van der Waals surface area contributed by atoms with Crippen molar-refractivity contribution in [2.24, 2.45) is 0 Å². The van der Waals surface area contributed by atoms with Gasteiger partial charge in [0.15, 0.2) is 0 Å². The summed E-state index contributed by atoms with van der Waals surface area (Å²) in [6.45, 7) is 4.36. The van der Waals surface area contributed by atoms with Crippen LogP contribution >= 0.6 is 0 Å². The lowest BCUT2D eigenvalue weighted by Crippen LogP contribution is -2.29. The molecule has 12 rings (SSSR count). The van der Waals surface area contributed by atoms with E-state index in [1.165, 1.54) is 102 Å². The molecule has 0 N–H and O–H groups in total. The fourth-order valence-electron chi connectivity index (χ4n) is 10.6. The second-order valence-corrected chi connectivity index (χ2v) is 18.6. The Morgan fingerprint density at radius 3 is 0.986 bits per heavy atom. The van der Waals surface area contributed by atoms with E-state index in [9.17, 15) is 0 Å². The molecular formula is C71H57N. The van der Waals surface area contributed by atoms with E-state index in [0.717, 1.165) is 17.1 Å². The van der Waals surface area contributed by atoms with Crippen molar-refractivity contribution in [3.63, 3.8) is 0 Å². The fourth-order valence-corrected chi connectivity index (χ4v) is 10.6. The topological polar surface area (TPSA) is 3.24 Å². The molecule has 0 saturated heterocycles. The van der Waals surface area contributed by atoms with Gasteiger partial charge in [-0.1, -0.05) is 263 Å². The first kappa shape index (κ1) is 45.7. The van der Waals surface area contributed by atoms with Crippen LogP contribution in [0.15, 0.2) is 285 Å². The molecule has 0 saturated carbocycles. The molecule has 0 fully saturated rings. The van der Waals surface area contributed by atoms with Gasteiger partial charge in [0.1, 0.15) is 0 Å². The van der Waals surface area contributed by atoms with Crippen LogP contribution < -0.4 is 4.90 Å². The van der Waals surface area contributed by atoms with E-state index in [1.807, 2.05) is 0 Å². The number of unbranched alkanes of at least 4 members (excludes halogenated alkanes) is 1. The number of nitrogens with zero attached hydrogens (tertiary/aromatic N) is 1. The minimum Gasteiger partial charge on any atom is -0.310 e. The summed E-state index contributed by atoms with van der Waals surface area (Å²) in [4.78, 5) is 2.42. The van der Waals surface area contributed by atoms with E-state index >= 15 is 0 Å². The third-order valence-corrected chi connectivity index (χ3v) is 14.3. The molecule has 72 heavy (non-hydrogen) atoms. The van der Waals surface area contributed by atoms with Crippen LogP contribution in [0, 0.1) is 0 Å². The van der Waals surface area contributed by atoms with E-state index in [0.29, 0.717) is 0 Å². The lowest BCUT2D eigenvalue weighted by Gasteiger charge is -2.36. The van der Waals surface area contributed by atoms with Crippen LogP contribution in [0.1, 0.15) is 48.9 Å². The third kappa shape index (κ3) is 8.76. The van der Waals surface area contributed by atoms with Gasteiger partial charge in [-0.15, -0.1) is 0 Å². The lowest BCUT2D eigenvalue weighted by atomic mass is 9.66. The quantitative estimate of drug-likeness (QED) is 0.125. The number of anilines is 3. The molecule has 0 aliphatic heterocycles. The smallest absolute Gasteiger partial charge is 0.0720 e. The Hall–Kier alpha value is -8.78. The molecule has 0 heterocycles. The van der Waals surface area contributed by atoms with Gasteiger partial charge in [0.05, 0.1) is 5.41 Å². The zero-order valence-electron chi connectivity index (χ0n) is 41.0. The minimum absolute atomic E-state index is 0.675. The molecule has 0 radical (unpaired) electrons. The van der Waals surface area contributed by atoms with Crippen LogP contribution in [0.4, 0.5) is 17.1 Å². The molecule has 1 heteroatoms. The predicted molar refractivity (Wildman–Crippen MR) is 306 cm³/mol. The lowest BCUT2D eigenvalue weighted by molar-refractivity contribution is 0.770. The predicted octanol–water partition coefficient (Wildman–Crippen LogP) is 19.7. The standard InChI is InChI=1S/C67H47N.C4H10/c1-7-19-48(20-8-1)52-31-33-55(34-32-52)63-45-56(51-25-13-4-14-26-51)46-64-62-44-43-61(47-65(62)67(66(63)64,57-27-15-5-16-28-57)58-29-17-6-18-30-58)68(59-39-35-53(36-40-59)49-21-9-2-10-22-49)60-41-37-54(38-42-60)50-23-11-3-12-24-50;1-3-4-2/h1-47H;3-4H2,1-2H3. The molecule has 0 atom stereocenters. The van der Waals surface area contributed by atoms with E-state index in [-0.39, 0.29) is 0 Å². The first-order valence-corrected chi connectivity index (χ1v) is 25.4. The zero-order chi connectivity index (χ0) is 48.7. The van der Waals surface area contributed by atoms with Crippen LogP contribution in [0.25, 0.3) is 66.8 Å².